The van der Waals surface area contributed by atoms with Crippen LogP contribution in [-0.4, -0.2) is 25.8 Å². The maximum Gasteiger partial charge on any atom is 0.258 e. The van der Waals surface area contributed by atoms with Gasteiger partial charge >= 0.3 is 0 Å². The molecule has 0 saturated carbocycles. The van der Waals surface area contributed by atoms with E-state index in [0.717, 1.165) is 27.7 Å². The highest BCUT2D eigenvalue weighted by Crippen LogP contribution is 2.27. The minimum absolute atomic E-state index is 0.291. The van der Waals surface area contributed by atoms with Crippen LogP contribution in [0.15, 0.2) is 77.8 Å². The van der Waals surface area contributed by atoms with Crippen molar-refractivity contribution in [3.63, 3.8) is 0 Å². The Hall–Kier alpha value is -4.13. The van der Waals surface area contributed by atoms with E-state index in [1.165, 1.54) is 12.1 Å². The molecular weight excluding hydrogens is 379 g/mol. The summed E-state index contributed by atoms with van der Waals surface area (Å²) in [6.45, 7) is 2.03. The van der Waals surface area contributed by atoms with Crippen LogP contribution in [0.4, 0.5) is 22.0 Å². The molecule has 0 spiro atoms. The predicted octanol–water partition coefficient (Wildman–Crippen LogP) is 5.22. The first-order chi connectivity index (χ1) is 14.7. The first kappa shape index (κ1) is 17.9. The van der Waals surface area contributed by atoms with E-state index in [-0.39, 0.29) is 5.82 Å². The zero-order valence-electron chi connectivity index (χ0n) is 16.1. The number of fused-ring (bicyclic) bond motifs is 3. The monoisotopic (exact) mass is 396 g/mol. The molecule has 0 bridgehead atoms. The average Bonchev–Trinajstić information content (AvgIpc) is 3.18. The molecule has 0 aliphatic heterocycles. The van der Waals surface area contributed by atoms with Crippen LogP contribution >= 0.6 is 0 Å². The van der Waals surface area contributed by atoms with Gasteiger partial charge in [-0.3, -0.25) is 0 Å². The van der Waals surface area contributed by atoms with Crippen molar-refractivity contribution in [2.24, 2.45) is 4.99 Å². The zero-order chi connectivity index (χ0) is 20.5. The Bertz CT molecular complexity index is 1390. The van der Waals surface area contributed by atoms with Crippen molar-refractivity contribution in [2.75, 3.05) is 5.32 Å². The van der Waals surface area contributed by atoms with Gasteiger partial charge in [-0.1, -0.05) is 36.4 Å². The number of nitrogens with one attached hydrogen (secondary N) is 1. The molecule has 5 rings (SSSR count). The van der Waals surface area contributed by atoms with Gasteiger partial charge in [0.1, 0.15) is 5.82 Å². The molecular formula is C23H17FN6. The molecule has 6 nitrogen and oxygen atoms in total. The second-order valence-electron chi connectivity index (χ2n) is 6.92. The normalized spacial score (nSPS) is 11.5. The van der Waals surface area contributed by atoms with E-state index in [2.05, 4.69) is 20.5 Å². The van der Waals surface area contributed by atoms with E-state index in [9.17, 15) is 4.39 Å². The smallest absolute Gasteiger partial charge is 0.258 e. The number of aryl methyl sites for hydroxylation is 1. The van der Waals surface area contributed by atoms with Crippen LogP contribution in [0.25, 0.3) is 16.6 Å². The van der Waals surface area contributed by atoms with Crippen molar-refractivity contribution >= 4 is 40.3 Å². The summed E-state index contributed by atoms with van der Waals surface area (Å²) in [5.41, 5.74) is 4.26. The summed E-state index contributed by atoms with van der Waals surface area (Å²) in [6, 6.07) is 21.9. The van der Waals surface area contributed by atoms with Gasteiger partial charge in [0.05, 0.1) is 5.52 Å². The van der Waals surface area contributed by atoms with Crippen molar-refractivity contribution in [2.45, 2.75) is 6.92 Å². The van der Waals surface area contributed by atoms with Crippen LogP contribution in [0, 0.1) is 12.7 Å². The Morgan fingerprint density at radius 3 is 2.63 bits per heavy atom. The number of benzene rings is 3. The van der Waals surface area contributed by atoms with Gasteiger partial charge in [0.25, 0.3) is 5.95 Å². The van der Waals surface area contributed by atoms with Gasteiger partial charge < -0.3 is 5.32 Å². The van der Waals surface area contributed by atoms with E-state index in [1.54, 1.807) is 22.7 Å². The Morgan fingerprint density at radius 2 is 1.80 bits per heavy atom. The maximum absolute atomic E-state index is 13.2. The predicted molar refractivity (Wildman–Crippen MR) is 116 cm³/mol. The lowest BCUT2D eigenvalue weighted by molar-refractivity contribution is 0.628. The molecule has 0 atom stereocenters. The molecule has 2 heterocycles. The van der Waals surface area contributed by atoms with Gasteiger partial charge in [-0.05, 0) is 54.4 Å². The number of halogens is 1. The summed E-state index contributed by atoms with van der Waals surface area (Å²) < 4.78 is 14.9. The minimum Gasteiger partial charge on any atom is -0.325 e. The number of nitrogens with zero attached hydrogens (tertiary/aromatic N) is 5. The molecule has 2 aromatic heterocycles. The first-order valence-corrected chi connectivity index (χ1v) is 9.44. The molecule has 1 N–H and O–H groups in total. The van der Waals surface area contributed by atoms with Crippen LogP contribution in [0.2, 0.25) is 0 Å². The third-order valence-electron chi connectivity index (χ3n) is 4.70. The van der Waals surface area contributed by atoms with Gasteiger partial charge in [0.2, 0.25) is 5.95 Å². The molecule has 0 fully saturated rings. The summed E-state index contributed by atoms with van der Waals surface area (Å²) in [5, 5.41) is 12.8. The van der Waals surface area contributed by atoms with Gasteiger partial charge in [-0.25, -0.2) is 18.8 Å². The molecule has 0 aliphatic rings. The van der Waals surface area contributed by atoms with Gasteiger partial charge in [-0.2, -0.15) is 0 Å². The molecule has 0 unspecified atom stereocenters. The lowest BCUT2D eigenvalue weighted by Gasteiger charge is -2.10. The van der Waals surface area contributed by atoms with E-state index >= 15 is 0 Å². The Labute approximate surface area is 171 Å². The van der Waals surface area contributed by atoms with Gasteiger partial charge in [-0.15, -0.1) is 10.2 Å². The fourth-order valence-electron chi connectivity index (χ4n) is 3.27. The fourth-order valence-corrected chi connectivity index (χ4v) is 3.27. The van der Waals surface area contributed by atoms with Crippen LogP contribution < -0.4 is 5.32 Å². The molecule has 7 heteroatoms. The third-order valence-corrected chi connectivity index (χ3v) is 4.70. The van der Waals surface area contributed by atoms with Crippen LogP contribution in [0.1, 0.15) is 11.1 Å². The summed E-state index contributed by atoms with van der Waals surface area (Å²) in [4.78, 5) is 9.26. The lowest BCUT2D eigenvalue weighted by atomic mass is 10.2. The number of aliphatic imine (C=N–C) groups is 1. The quantitative estimate of drug-likeness (QED) is 0.423. The van der Waals surface area contributed by atoms with Crippen LogP contribution in [0.3, 0.4) is 0 Å². The molecule has 0 amide bonds. The largest absolute Gasteiger partial charge is 0.325 e. The number of aromatic nitrogens is 4. The maximum atomic E-state index is 13.2. The second kappa shape index (κ2) is 7.36. The molecule has 0 radical (unpaired) electrons. The van der Waals surface area contributed by atoms with E-state index in [0.29, 0.717) is 17.5 Å². The fraction of sp³-hybridized carbons (Fsp3) is 0.0435. The Morgan fingerprint density at radius 1 is 0.967 bits per heavy atom. The number of rotatable bonds is 4. The lowest BCUT2D eigenvalue weighted by Crippen LogP contribution is -2.02. The highest BCUT2D eigenvalue weighted by molar-refractivity contribution is 5.93. The second-order valence-corrected chi connectivity index (χ2v) is 6.92. The van der Waals surface area contributed by atoms with E-state index in [4.69, 9.17) is 4.98 Å². The molecule has 5 aromatic rings. The standard InChI is InChI=1S/C23H17FN6/c1-15-5-4-6-18(13-15)26-23-27-20-8-3-2-7-19(20)21-28-29-22(30(21)23)25-14-16-9-11-17(24)12-10-16/h2-14H,1H3,(H,26,27)/b25-14+. The first-order valence-electron chi connectivity index (χ1n) is 9.44. The number of anilines is 2. The van der Waals surface area contributed by atoms with Crippen LogP contribution in [0.5, 0.6) is 0 Å². The van der Waals surface area contributed by atoms with Gasteiger partial charge in [0, 0.05) is 17.3 Å². The van der Waals surface area contributed by atoms with Crippen molar-refractivity contribution in [1.82, 2.24) is 19.6 Å². The summed E-state index contributed by atoms with van der Waals surface area (Å²) in [7, 11) is 0. The molecule has 146 valence electrons. The highest BCUT2D eigenvalue weighted by atomic mass is 19.1. The van der Waals surface area contributed by atoms with Crippen molar-refractivity contribution in [3.8, 4) is 0 Å². The van der Waals surface area contributed by atoms with Crippen molar-refractivity contribution in [3.05, 3.63) is 89.7 Å². The zero-order valence-corrected chi connectivity index (χ0v) is 16.1. The van der Waals surface area contributed by atoms with Crippen LogP contribution in [-0.2, 0) is 0 Å². The minimum atomic E-state index is -0.291. The SMILES string of the molecule is Cc1cccc(Nc2nc3ccccc3c3nnc(/N=C/c4ccc(F)cc4)n23)c1. The van der Waals surface area contributed by atoms with Gasteiger partial charge in [0.15, 0.2) is 5.65 Å². The van der Waals surface area contributed by atoms with E-state index in [1.807, 2.05) is 55.5 Å². The average molecular weight is 396 g/mol. The molecule has 3 aromatic carbocycles. The van der Waals surface area contributed by atoms with E-state index < -0.39 is 0 Å². The van der Waals surface area contributed by atoms with Crippen molar-refractivity contribution in [1.29, 1.82) is 0 Å². The summed E-state index contributed by atoms with van der Waals surface area (Å²) >= 11 is 0. The topological polar surface area (TPSA) is 67.5 Å². The molecule has 0 saturated heterocycles. The summed E-state index contributed by atoms with van der Waals surface area (Å²) in [5.74, 6) is 0.647. The number of hydrogen-bond acceptors (Lipinski definition) is 5. The third kappa shape index (κ3) is 3.37. The Kier molecular flexibility index (Phi) is 4.40. The molecule has 0 aliphatic carbocycles. The number of para-hydroxylation sites is 1. The highest BCUT2D eigenvalue weighted by Gasteiger charge is 2.14. The molecule has 30 heavy (non-hydrogen) atoms. The van der Waals surface area contributed by atoms with Crippen molar-refractivity contribution < 1.29 is 4.39 Å². The number of hydrogen-bond donors (Lipinski definition) is 1. The summed E-state index contributed by atoms with van der Waals surface area (Å²) in [6.07, 6.45) is 1.63. The Balaban J connectivity index is 1.66.